The molecule has 0 aliphatic carbocycles. The monoisotopic (exact) mass is 314 g/mol. The predicted octanol–water partition coefficient (Wildman–Crippen LogP) is 5.76. The number of rotatable bonds is 0. The molecule has 0 saturated carbocycles. The quantitative estimate of drug-likeness (QED) is 0.421. The molecule has 1 rings (SSSR count). The molecule has 0 amide bonds. The lowest BCUT2D eigenvalue weighted by atomic mass is 10.1. The van der Waals surface area contributed by atoms with Gasteiger partial charge in [-0.3, -0.25) is 0 Å². The van der Waals surface area contributed by atoms with Crippen LogP contribution in [0.1, 0.15) is 11.1 Å². The molecule has 82 valence electrons. The zero-order valence-electron chi connectivity index (χ0n) is 7.33. The summed E-state index contributed by atoms with van der Waals surface area (Å²) in [5, 5.41) is 1.60. The fourth-order valence-electron chi connectivity index (χ4n) is 0.851. The Bertz CT molecular complexity index is 228. The molecule has 0 aliphatic rings. The highest BCUT2D eigenvalue weighted by atomic mass is 35.5. The van der Waals surface area contributed by atoms with Gasteiger partial charge in [0, 0.05) is 0 Å². The highest BCUT2D eigenvalue weighted by Crippen LogP contribution is 2.40. The molecular weight excluding hydrogens is 309 g/mol. The highest BCUT2D eigenvalue weighted by molar-refractivity contribution is 6.52. The lowest BCUT2D eigenvalue weighted by Crippen LogP contribution is -1.87. The maximum absolute atomic E-state index is 5.89. The van der Waals surface area contributed by atoms with Gasteiger partial charge < -0.3 is 0 Å². The third-order valence-corrected chi connectivity index (χ3v) is 3.79. The van der Waals surface area contributed by atoms with Gasteiger partial charge in [-0.05, 0) is 25.0 Å². The van der Waals surface area contributed by atoms with Crippen LogP contribution in [0.25, 0.3) is 0 Å². The van der Waals surface area contributed by atoms with Crippen LogP contribution in [-0.2, 0) is 0 Å². The van der Waals surface area contributed by atoms with Crippen molar-refractivity contribution < 1.29 is 0 Å². The average molecular weight is 317 g/mol. The van der Waals surface area contributed by atoms with Crippen LogP contribution in [0, 0.1) is 13.8 Å². The minimum absolute atomic E-state index is 0. The van der Waals surface area contributed by atoms with Crippen LogP contribution in [-0.4, -0.2) is 0 Å². The van der Waals surface area contributed by atoms with Gasteiger partial charge in [0.15, 0.2) is 0 Å². The average Bonchev–Trinajstić information content (AvgIpc) is 2.08. The van der Waals surface area contributed by atoms with Crippen molar-refractivity contribution in [3.8, 4) is 0 Å². The molecule has 0 N–H and O–H groups in total. The summed E-state index contributed by atoms with van der Waals surface area (Å²) in [4.78, 5) is 0. The highest BCUT2D eigenvalue weighted by Gasteiger charge is 2.14. The number of halogens is 6. The van der Waals surface area contributed by atoms with Crippen LogP contribution in [0.15, 0.2) is 0 Å². The molecule has 0 aliphatic heterocycles. The minimum Gasteiger partial charge on any atom is -0.147 e. The minimum atomic E-state index is 0. The summed E-state index contributed by atoms with van der Waals surface area (Å²) < 4.78 is 0. The Morgan fingerprint density at radius 3 is 1.00 bits per heavy atom. The second-order valence-corrected chi connectivity index (χ2v) is 4.02. The Morgan fingerprint density at radius 2 is 0.786 bits per heavy atom. The maximum Gasteiger partial charge on any atom is 0.0796 e. The lowest BCUT2D eigenvalue weighted by molar-refractivity contribution is 1.34. The zero-order chi connectivity index (χ0) is 9.46. The second-order valence-electron chi connectivity index (χ2n) is 2.51. The van der Waals surface area contributed by atoms with Gasteiger partial charge in [-0.25, -0.2) is 0 Å². The standard InChI is InChI=1S/C8H6Cl4.2ClH/c1-3-4(2)6(10)8(12)7(11)5(3)9;;/h1-2H3;2*1H. The van der Waals surface area contributed by atoms with Gasteiger partial charge in [0.1, 0.15) is 0 Å². The van der Waals surface area contributed by atoms with Crippen LogP contribution in [0.2, 0.25) is 20.1 Å². The van der Waals surface area contributed by atoms with E-state index in [0.29, 0.717) is 20.1 Å². The second kappa shape index (κ2) is 6.52. The maximum atomic E-state index is 5.89. The normalized spacial score (nSPS) is 9.00. The SMILES string of the molecule is Cc1c(C)c(Cl)c(Cl)c(Cl)c1Cl.Cl.Cl. The molecule has 0 saturated heterocycles. The smallest absolute Gasteiger partial charge is 0.0796 e. The first-order chi connectivity index (χ1) is 5.46. The summed E-state index contributed by atoms with van der Waals surface area (Å²) >= 11 is 23.4. The topological polar surface area (TPSA) is 0 Å². The first-order valence-electron chi connectivity index (χ1n) is 3.26. The third kappa shape index (κ3) is 2.98. The van der Waals surface area contributed by atoms with E-state index in [1.807, 2.05) is 13.8 Å². The Hall–Kier alpha value is 0.960. The first-order valence-corrected chi connectivity index (χ1v) is 4.77. The molecule has 1 aromatic carbocycles. The Balaban J connectivity index is 0. The fraction of sp³-hybridized carbons (Fsp3) is 0.250. The zero-order valence-corrected chi connectivity index (χ0v) is 12.0. The molecule has 0 spiro atoms. The van der Waals surface area contributed by atoms with Gasteiger partial charge in [-0.2, -0.15) is 0 Å². The predicted molar refractivity (Wildman–Crippen MR) is 70.5 cm³/mol. The van der Waals surface area contributed by atoms with Gasteiger partial charge in [0.25, 0.3) is 0 Å². The molecule has 0 atom stereocenters. The molecule has 0 aromatic heterocycles. The van der Waals surface area contributed by atoms with Crippen LogP contribution < -0.4 is 0 Å². The van der Waals surface area contributed by atoms with E-state index in [1.165, 1.54) is 0 Å². The molecule has 0 unspecified atom stereocenters. The van der Waals surface area contributed by atoms with Crippen molar-refractivity contribution in [2.75, 3.05) is 0 Å². The molecule has 0 fully saturated rings. The van der Waals surface area contributed by atoms with Gasteiger partial charge in [-0.15, -0.1) is 24.8 Å². The third-order valence-electron chi connectivity index (χ3n) is 1.80. The summed E-state index contributed by atoms with van der Waals surface area (Å²) in [6, 6.07) is 0. The van der Waals surface area contributed by atoms with Crippen molar-refractivity contribution in [1.82, 2.24) is 0 Å². The van der Waals surface area contributed by atoms with E-state index in [9.17, 15) is 0 Å². The van der Waals surface area contributed by atoms with E-state index in [4.69, 9.17) is 46.4 Å². The van der Waals surface area contributed by atoms with Crippen molar-refractivity contribution in [3.05, 3.63) is 31.2 Å². The molecular formula is C8H8Cl6. The van der Waals surface area contributed by atoms with E-state index in [-0.39, 0.29) is 24.8 Å². The van der Waals surface area contributed by atoms with E-state index in [1.54, 1.807) is 0 Å². The Labute approximate surface area is 116 Å². The van der Waals surface area contributed by atoms with Gasteiger partial charge >= 0.3 is 0 Å². The summed E-state index contributed by atoms with van der Waals surface area (Å²) in [6.45, 7) is 3.71. The first kappa shape index (κ1) is 17.4. The molecule has 0 nitrogen and oxygen atoms in total. The fourth-order valence-corrected chi connectivity index (χ4v) is 1.89. The number of benzene rings is 1. The van der Waals surface area contributed by atoms with Crippen molar-refractivity contribution in [2.24, 2.45) is 0 Å². The molecule has 14 heavy (non-hydrogen) atoms. The van der Waals surface area contributed by atoms with Crippen molar-refractivity contribution in [3.63, 3.8) is 0 Å². The molecule has 6 heteroatoms. The lowest BCUT2D eigenvalue weighted by Gasteiger charge is -2.09. The van der Waals surface area contributed by atoms with Gasteiger partial charge in [-0.1, -0.05) is 46.4 Å². The van der Waals surface area contributed by atoms with Crippen LogP contribution in [0.3, 0.4) is 0 Å². The van der Waals surface area contributed by atoms with Gasteiger partial charge in [0.05, 0.1) is 20.1 Å². The largest absolute Gasteiger partial charge is 0.147 e. The van der Waals surface area contributed by atoms with E-state index >= 15 is 0 Å². The molecule has 1 aromatic rings. The van der Waals surface area contributed by atoms with E-state index in [2.05, 4.69) is 0 Å². The number of hydrogen-bond acceptors (Lipinski definition) is 0. The van der Waals surface area contributed by atoms with Gasteiger partial charge in [0.2, 0.25) is 0 Å². The van der Waals surface area contributed by atoms with Crippen LogP contribution >= 0.6 is 71.2 Å². The molecule has 0 heterocycles. The molecule has 0 bridgehead atoms. The van der Waals surface area contributed by atoms with Crippen LogP contribution in [0.4, 0.5) is 0 Å². The van der Waals surface area contributed by atoms with Crippen molar-refractivity contribution >= 4 is 71.2 Å². The number of hydrogen-bond donors (Lipinski definition) is 0. The molecule has 0 radical (unpaired) electrons. The Kier molecular flexibility index (Phi) is 8.09. The Morgan fingerprint density at radius 1 is 0.571 bits per heavy atom. The summed E-state index contributed by atoms with van der Waals surface area (Å²) in [5.41, 5.74) is 1.74. The van der Waals surface area contributed by atoms with E-state index in [0.717, 1.165) is 11.1 Å². The van der Waals surface area contributed by atoms with Crippen molar-refractivity contribution in [1.29, 1.82) is 0 Å². The van der Waals surface area contributed by atoms with E-state index < -0.39 is 0 Å². The summed E-state index contributed by atoms with van der Waals surface area (Å²) in [6.07, 6.45) is 0. The van der Waals surface area contributed by atoms with Crippen molar-refractivity contribution in [2.45, 2.75) is 13.8 Å². The summed E-state index contributed by atoms with van der Waals surface area (Å²) in [5.74, 6) is 0. The summed E-state index contributed by atoms with van der Waals surface area (Å²) in [7, 11) is 0. The van der Waals surface area contributed by atoms with Crippen LogP contribution in [0.5, 0.6) is 0 Å².